The summed E-state index contributed by atoms with van der Waals surface area (Å²) in [6.07, 6.45) is 0. The number of nitrogens with one attached hydrogen (secondary N) is 1. The van der Waals surface area contributed by atoms with Gasteiger partial charge in [-0.3, -0.25) is 4.79 Å². The number of likely N-dealkylation sites (N-methyl/N-ethyl adjacent to an activating group) is 1. The molecule has 0 aliphatic carbocycles. The molecule has 1 heterocycles. The predicted octanol–water partition coefficient (Wildman–Crippen LogP) is 0.990. The number of oxime groups is 1. The lowest BCUT2D eigenvalue weighted by Crippen LogP contribution is -2.63. The lowest BCUT2D eigenvalue weighted by atomic mass is 9.75. The number of nitrogens with zero attached hydrogens (tertiary/aromatic N) is 3. The summed E-state index contributed by atoms with van der Waals surface area (Å²) in [5, 5.41) is 18.9. The first-order valence-electron chi connectivity index (χ1n) is 6.17. The molecule has 0 fully saturated rings. The van der Waals surface area contributed by atoms with E-state index in [1.807, 2.05) is 20.8 Å². The van der Waals surface area contributed by atoms with Crippen LogP contribution in [-0.4, -0.2) is 46.7 Å². The van der Waals surface area contributed by atoms with E-state index < -0.39 is 11.0 Å². The van der Waals surface area contributed by atoms with Crippen molar-refractivity contribution in [1.29, 1.82) is 0 Å². The van der Waals surface area contributed by atoms with Crippen molar-refractivity contribution >= 4 is 17.3 Å². The van der Waals surface area contributed by atoms with Gasteiger partial charge >= 0.3 is 0 Å². The van der Waals surface area contributed by atoms with Crippen LogP contribution in [0.15, 0.2) is 10.3 Å². The Kier molecular flexibility index (Phi) is 4.32. The van der Waals surface area contributed by atoms with Crippen LogP contribution in [0.25, 0.3) is 0 Å². The van der Waals surface area contributed by atoms with Gasteiger partial charge in [0.25, 0.3) is 5.91 Å². The SMILES string of the molecule is CCO/N=C(\C)C1(NO)C(=O)N(C)N=C1C(C)(C)C. The zero-order valence-electron chi connectivity index (χ0n) is 12.3. The molecular weight excluding hydrogens is 248 g/mol. The van der Waals surface area contributed by atoms with Crippen LogP contribution in [0.1, 0.15) is 34.6 Å². The predicted molar refractivity (Wildman–Crippen MR) is 72.0 cm³/mol. The molecular formula is C12H22N4O3. The van der Waals surface area contributed by atoms with Gasteiger partial charge in [-0.15, -0.1) is 0 Å². The third-order valence-corrected chi connectivity index (χ3v) is 2.97. The van der Waals surface area contributed by atoms with Gasteiger partial charge in [0.1, 0.15) is 6.61 Å². The maximum Gasteiger partial charge on any atom is 0.276 e. The Morgan fingerprint density at radius 1 is 1.58 bits per heavy atom. The Morgan fingerprint density at radius 3 is 2.58 bits per heavy atom. The fourth-order valence-electron chi connectivity index (χ4n) is 2.06. The van der Waals surface area contributed by atoms with Crippen LogP contribution in [0, 0.1) is 5.41 Å². The highest BCUT2D eigenvalue weighted by molar-refractivity contribution is 6.34. The van der Waals surface area contributed by atoms with Crippen molar-refractivity contribution in [2.24, 2.45) is 15.7 Å². The third-order valence-electron chi connectivity index (χ3n) is 2.97. The Hall–Kier alpha value is -1.47. The molecule has 7 heteroatoms. The Bertz CT molecular complexity index is 425. The standard InChI is InChI=1S/C12H22N4O3/c1-7-19-14-8(2)12(15-18)9(11(3,4)5)13-16(6)10(12)17/h15,18H,7H2,1-6H3/b14-8+. The Labute approximate surface area is 113 Å². The molecule has 1 aliphatic heterocycles. The van der Waals surface area contributed by atoms with Gasteiger partial charge in [0.05, 0.1) is 11.4 Å². The molecule has 1 unspecified atom stereocenters. The fourth-order valence-corrected chi connectivity index (χ4v) is 2.06. The highest BCUT2D eigenvalue weighted by Crippen LogP contribution is 2.32. The summed E-state index contributed by atoms with van der Waals surface area (Å²) in [6, 6.07) is 0. The number of hydrogen-bond acceptors (Lipinski definition) is 6. The molecule has 108 valence electrons. The normalized spacial score (nSPS) is 24.8. The minimum absolute atomic E-state index is 0.319. The van der Waals surface area contributed by atoms with E-state index in [0.29, 0.717) is 18.0 Å². The highest BCUT2D eigenvalue weighted by Gasteiger charge is 2.56. The minimum Gasteiger partial charge on any atom is -0.396 e. The number of rotatable bonds is 4. The molecule has 0 aromatic rings. The molecule has 0 aromatic heterocycles. The average Bonchev–Trinajstić information content (AvgIpc) is 2.60. The molecule has 0 saturated heterocycles. The van der Waals surface area contributed by atoms with Crippen LogP contribution >= 0.6 is 0 Å². The minimum atomic E-state index is -1.46. The van der Waals surface area contributed by atoms with E-state index in [1.165, 1.54) is 5.01 Å². The van der Waals surface area contributed by atoms with E-state index in [4.69, 9.17) is 4.84 Å². The Balaban J connectivity index is 3.37. The first-order chi connectivity index (χ1) is 8.71. The van der Waals surface area contributed by atoms with Crippen molar-refractivity contribution in [3.05, 3.63) is 0 Å². The largest absolute Gasteiger partial charge is 0.396 e. The molecule has 1 aliphatic rings. The number of carbonyl (C=O) groups excluding carboxylic acids is 1. The number of hydroxylamine groups is 1. The summed E-state index contributed by atoms with van der Waals surface area (Å²) in [6.45, 7) is 9.54. The zero-order chi connectivity index (χ0) is 14.8. The van der Waals surface area contributed by atoms with E-state index >= 15 is 0 Å². The molecule has 19 heavy (non-hydrogen) atoms. The van der Waals surface area contributed by atoms with E-state index in [1.54, 1.807) is 20.9 Å². The summed E-state index contributed by atoms with van der Waals surface area (Å²) >= 11 is 0. The van der Waals surface area contributed by atoms with Crippen LogP contribution in [0.5, 0.6) is 0 Å². The van der Waals surface area contributed by atoms with Crippen LogP contribution in [-0.2, 0) is 9.63 Å². The van der Waals surface area contributed by atoms with Crippen molar-refractivity contribution in [1.82, 2.24) is 10.5 Å². The maximum atomic E-state index is 12.4. The lowest BCUT2D eigenvalue weighted by molar-refractivity contribution is -0.133. The van der Waals surface area contributed by atoms with Crippen LogP contribution in [0.3, 0.4) is 0 Å². The van der Waals surface area contributed by atoms with Gasteiger partial charge in [0.15, 0.2) is 0 Å². The molecule has 0 spiro atoms. The fraction of sp³-hybridized carbons (Fsp3) is 0.750. The van der Waals surface area contributed by atoms with Crippen molar-refractivity contribution < 1.29 is 14.8 Å². The number of hydrogen-bond donors (Lipinski definition) is 2. The summed E-state index contributed by atoms with van der Waals surface area (Å²) in [5.74, 6) is -0.388. The monoisotopic (exact) mass is 270 g/mol. The molecule has 1 amide bonds. The van der Waals surface area contributed by atoms with Gasteiger partial charge in [0, 0.05) is 12.5 Å². The van der Waals surface area contributed by atoms with Gasteiger partial charge in [-0.1, -0.05) is 25.9 Å². The summed E-state index contributed by atoms with van der Waals surface area (Å²) in [4.78, 5) is 17.4. The van der Waals surface area contributed by atoms with Gasteiger partial charge in [-0.05, 0) is 13.8 Å². The molecule has 0 aromatic carbocycles. The van der Waals surface area contributed by atoms with Crippen molar-refractivity contribution in [3.8, 4) is 0 Å². The van der Waals surface area contributed by atoms with Crippen LogP contribution < -0.4 is 5.48 Å². The van der Waals surface area contributed by atoms with Crippen molar-refractivity contribution in [3.63, 3.8) is 0 Å². The lowest BCUT2D eigenvalue weighted by Gasteiger charge is -2.32. The van der Waals surface area contributed by atoms with Crippen molar-refractivity contribution in [2.45, 2.75) is 40.2 Å². The third kappa shape index (κ3) is 2.48. The highest BCUT2D eigenvalue weighted by atomic mass is 16.6. The van der Waals surface area contributed by atoms with Gasteiger partial charge in [-0.2, -0.15) is 10.6 Å². The van der Waals surface area contributed by atoms with Crippen LogP contribution in [0.4, 0.5) is 0 Å². The summed E-state index contributed by atoms with van der Waals surface area (Å²) in [5.41, 5.74) is 1.03. The summed E-state index contributed by atoms with van der Waals surface area (Å²) in [7, 11) is 1.54. The maximum absolute atomic E-state index is 12.4. The smallest absolute Gasteiger partial charge is 0.276 e. The molecule has 0 saturated carbocycles. The second-order valence-electron chi connectivity index (χ2n) is 5.48. The number of amides is 1. The molecule has 0 radical (unpaired) electrons. The van der Waals surface area contributed by atoms with Crippen LogP contribution in [0.2, 0.25) is 0 Å². The molecule has 1 atom stereocenters. The average molecular weight is 270 g/mol. The van der Waals surface area contributed by atoms with E-state index in [2.05, 4.69) is 15.7 Å². The molecule has 2 N–H and O–H groups in total. The molecule has 1 rings (SSSR count). The quantitative estimate of drug-likeness (QED) is 0.589. The first-order valence-corrected chi connectivity index (χ1v) is 6.17. The zero-order valence-corrected chi connectivity index (χ0v) is 12.3. The van der Waals surface area contributed by atoms with Gasteiger partial charge in [0.2, 0.25) is 5.54 Å². The van der Waals surface area contributed by atoms with E-state index in [9.17, 15) is 10.0 Å². The van der Waals surface area contributed by atoms with E-state index in [0.717, 1.165) is 0 Å². The van der Waals surface area contributed by atoms with Gasteiger partial charge < -0.3 is 10.0 Å². The number of hydrazone groups is 1. The van der Waals surface area contributed by atoms with Crippen molar-refractivity contribution in [2.75, 3.05) is 13.7 Å². The van der Waals surface area contributed by atoms with Gasteiger partial charge in [-0.25, -0.2) is 5.01 Å². The Morgan fingerprint density at radius 2 is 2.16 bits per heavy atom. The summed E-state index contributed by atoms with van der Waals surface area (Å²) < 4.78 is 0. The molecule has 0 bridgehead atoms. The molecule has 7 nitrogen and oxygen atoms in total. The second-order valence-corrected chi connectivity index (χ2v) is 5.48. The first kappa shape index (κ1) is 15.6. The second kappa shape index (κ2) is 5.26. The van der Waals surface area contributed by atoms with E-state index in [-0.39, 0.29) is 5.91 Å². The topological polar surface area (TPSA) is 86.5 Å². The number of carbonyl (C=O) groups is 1.